The molecule has 25 heavy (non-hydrogen) atoms. The number of ether oxygens (including phenoxy) is 1. The molecular formula is C19H22N2O2S2. The van der Waals surface area contributed by atoms with Gasteiger partial charge in [0.25, 0.3) is 5.91 Å². The summed E-state index contributed by atoms with van der Waals surface area (Å²) in [5.41, 5.74) is 0. The van der Waals surface area contributed by atoms with Crippen LogP contribution in [0.15, 0.2) is 45.5 Å². The van der Waals surface area contributed by atoms with E-state index in [1.54, 1.807) is 30.2 Å². The van der Waals surface area contributed by atoms with Crippen LogP contribution in [0.5, 0.6) is 5.75 Å². The highest BCUT2D eigenvalue weighted by molar-refractivity contribution is 8.01. The number of nitrogens with zero attached hydrogens (tertiary/aromatic N) is 1. The van der Waals surface area contributed by atoms with Crippen molar-refractivity contribution in [3.8, 4) is 5.75 Å². The summed E-state index contributed by atoms with van der Waals surface area (Å²) >= 11 is 3.19. The zero-order chi connectivity index (χ0) is 17.2. The Kier molecular flexibility index (Phi) is 5.01. The van der Waals surface area contributed by atoms with Gasteiger partial charge >= 0.3 is 0 Å². The Bertz CT molecular complexity index is 753. The van der Waals surface area contributed by atoms with E-state index in [0.717, 1.165) is 26.3 Å². The number of nitrogens with one attached hydrogen (secondary N) is 1. The van der Waals surface area contributed by atoms with E-state index in [0.29, 0.717) is 12.0 Å². The first-order valence-corrected chi connectivity index (χ1v) is 10.3. The molecular weight excluding hydrogens is 352 g/mol. The van der Waals surface area contributed by atoms with Gasteiger partial charge in [-0.1, -0.05) is 23.9 Å². The molecule has 2 bridgehead atoms. The molecule has 4 nitrogen and oxygen atoms in total. The lowest BCUT2D eigenvalue weighted by atomic mass is 9.84. The van der Waals surface area contributed by atoms with Crippen molar-refractivity contribution in [3.63, 3.8) is 0 Å². The number of thiophene rings is 1. The van der Waals surface area contributed by atoms with E-state index in [2.05, 4.69) is 10.2 Å². The summed E-state index contributed by atoms with van der Waals surface area (Å²) in [6.07, 6.45) is 2.43. The van der Waals surface area contributed by atoms with Crippen LogP contribution < -0.4 is 10.1 Å². The van der Waals surface area contributed by atoms with Crippen molar-refractivity contribution in [2.45, 2.75) is 28.0 Å². The molecule has 2 aromatic rings. The molecule has 0 aliphatic carbocycles. The summed E-state index contributed by atoms with van der Waals surface area (Å²) in [5, 5.41) is 3.26. The topological polar surface area (TPSA) is 41.6 Å². The largest absolute Gasteiger partial charge is 0.496 e. The van der Waals surface area contributed by atoms with Gasteiger partial charge in [-0.3, -0.25) is 4.79 Å². The van der Waals surface area contributed by atoms with Gasteiger partial charge in [-0.15, -0.1) is 11.3 Å². The third-order valence-electron chi connectivity index (χ3n) is 5.06. The van der Waals surface area contributed by atoms with Gasteiger partial charge < -0.3 is 15.0 Å². The average Bonchev–Trinajstić information content (AvgIpc) is 3.12. The standard InChI is InChI=1S/C19H22N2O2S2/c1-23-15-4-2-3-5-16(15)24-18-7-6-17(25-18)19(22)20-14-12-21-10-8-13(14)9-11-21/h2-7,13-14H,8-12H2,1H3,(H,20,22). The van der Waals surface area contributed by atoms with Gasteiger partial charge in [-0.2, -0.15) is 0 Å². The highest BCUT2D eigenvalue weighted by Gasteiger charge is 2.35. The van der Waals surface area contributed by atoms with Crippen LogP contribution in [0.25, 0.3) is 0 Å². The summed E-state index contributed by atoms with van der Waals surface area (Å²) in [6, 6.07) is 12.2. The Morgan fingerprint density at radius 1 is 1.24 bits per heavy atom. The number of fused-ring (bicyclic) bond motifs is 3. The Hall–Kier alpha value is -1.50. The van der Waals surface area contributed by atoms with Gasteiger partial charge in [0.05, 0.1) is 21.1 Å². The number of hydrogen-bond donors (Lipinski definition) is 1. The molecule has 5 rings (SSSR count). The lowest BCUT2D eigenvalue weighted by Gasteiger charge is -2.44. The highest BCUT2D eigenvalue weighted by atomic mass is 32.2. The third kappa shape index (κ3) is 3.71. The van der Waals surface area contributed by atoms with Gasteiger partial charge in [0.2, 0.25) is 0 Å². The molecule has 4 heterocycles. The number of amides is 1. The fourth-order valence-electron chi connectivity index (χ4n) is 3.68. The van der Waals surface area contributed by atoms with E-state index in [1.165, 1.54) is 25.9 Å². The van der Waals surface area contributed by atoms with Crippen LogP contribution in [0, 0.1) is 5.92 Å². The minimum absolute atomic E-state index is 0.0654. The first kappa shape index (κ1) is 16.9. The SMILES string of the molecule is COc1ccccc1Sc1ccc(C(=O)NC2CN3CCC2CC3)s1. The zero-order valence-corrected chi connectivity index (χ0v) is 15.9. The van der Waals surface area contributed by atoms with Gasteiger partial charge in [0.15, 0.2) is 0 Å². The molecule has 3 aliphatic heterocycles. The number of piperidine rings is 3. The number of hydrogen-bond acceptors (Lipinski definition) is 5. The second-order valence-electron chi connectivity index (χ2n) is 6.59. The maximum atomic E-state index is 12.6. The summed E-state index contributed by atoms with van der Waals surface area (Å²) in [7, 11) is 1.68. The van der Waals surface area contributed by atoms with Crippen molar-refractivity contribution in [3.05, 3.63) is 41.3 Å². The van der Waals surface area contributed by atoms with Crippen molar-refractivity contribution < 1.29 is 9.53 Å². The van der Waals surface area contributed by atoms with Crippen molar-refractivity contribution in [2.75, 3.05) is 26.7 Å². The molecule has 3 aliphatic rings. The quantitative estimate of drug-likeness (QED) is 0.866. The van der Waals surface area contributed by atoms with Crippen LogP contribution in [-0.2, 0) is 0 Å². The molecule has 1 aromatic carbocycles. The number of rotatable bonds is 5. The summed E-state index contributed by atoms with van der Waals surface area (Å²) < 4.78 is 6.50. The molecule has 1 unspecified atom stereocenters. The van der Waals surface area contributed by atoms with E-state index in [1.807, 2.05) is 36.4 Å². The van der Waals surface area contributed by atoms with Crippen molar-refractivity contribution >= 4 is 29.0 Å². The van der Waals surface area contributed by atoms with E-state index in [9.17, 15) is 4.79 Å². The normalized spacial score (nSPS) is 24.9. The van der Waals surface area contributed by atoms with Gasteiger partial charge in [-0.25, -0.2) is 0 Å². The Morgan fingerprint density at radius 3 is 2.76 bits per heavy atom. The zero-order valence-electron chi connectivity index (χ0n) is 14.2. The van der Waals surface area contributed by atoms with E-state index in [-0.39, 0.29) is 5.91 Å². The minimum atomic E-state index is 0.0654. The Morgan fingerprint density at radius 2 is 2.04 bits per heavy atom. The van der Waals surface area contributed by atoms with E-state index < -0.39 is 0 Å². The molecule has 1 atom stereocenters. The molecule has 0 radical (unpaired) electrons. The number of para-hydroxylation sites is 1. The maximum absolute atomic E-state index is 12.6. The van der Waals surface area contributed by atoms with Gasteiger partial charge in [0.1, 0.15) is 5.75 Å². The number of carbonyl (C=O) groups excluding carboxylic acids is 1. The van der Waals surface area contributed by atoms with Crippen LogP contribution in [-0.4, -0.2) is 43.6 Å². The first-order chi connectivity index (χ1) is 12.2. The van der Waals surface area contributed by atoms with E-state index in [4.69, 9.17) is 4.74 Å². The van der Waals surface area contributed by atoms with Crippen molar-refractivity contribution in [1.29, 1.82) is 0 Å². The number of methoxy groups -OCH3 is 1. The third-order valence-corrected chi connectivity index (χ3v) is 7.33. The van der Waals surface area contributed by atoms with Crippen LogP contribution in [0.2, 0.25) is 0 Å². The van der Waals surface area contributed by atoms with Crippen molar-refractivity contribution in [2.24, 2.45) is 5.92 Å². The fourth-order valence-corrected chi connectivity index (χ4v) is 5.77. The molecule has 6 heteroatoms. The summed E-state index contributed by atoms with van der Waals surface area (Å²) in [6.45, 7) is 3.38. The fraction of sp³-hybridized carbons (Fsp3) is 0.421. The number of carbonyl (C=O) groups is 1. The van der Waals surface area contributed by atoms with Crippen LogP contribution in [0.4, 0.5) is 0 Å². The van der Waals surface area contributed by atoms with Crippen LogP contribution in [0.3, 0.4) is 0 Å². The van der Waals surface area contributed by atoms with E-state index >= 15 is 0 Å². The Balaban J connectivity index is 1.41. The van der Waals surface area contributed by atoms with Crippen LogP contribution in [0.1, 0.15) is 22.5 Å². The highest BCUT2D eigenvalue weighted by Crippen LogP contribution is 2.38. The summed E-state index contributed by atoms with van der Waals surface area (Å²) in [4.78, 5) is 16.9. The minimum Gasteiger partial charge on any atom is -0.496 e. The molecule has 3 fully saturated rings. The maximum Gasteiger partial charge on any atom is 0.261 e. The molecule has 1 aromatic heterocycles. The number of benzene rings is 1. The lowest BCUT2D eigenvalue weighted by molar-refractivity contribution is 0.0622. The predicted molar refractivity (Wildman–Crippen MR) is 102 cm³/mol. The monoisotopic (exact) mass is 374 g/mol. The predicted octanol–water partition coefficient (Wildman–Crippen LogP) is 3.73. The van der Waals surface area contributed by atoms with Gasteiger partial charge in [-0.05, 0) is 56.1 Å². The smallest absolute Gasteiger partial charge is 0.261 e. The lowest BCUT2D eigenvalue weighted by Crippen LogP contribution is -2.57. The summed E-state index contributed by atoms with van der Waals surface area (Å²) in [5.74, 6) is 1.58. The molecule has 0 saturated carbocycles. The molecule has 3 saturated heterocycles. The Labute approximate surface area is 156 Å². The second kappa shape index (κ2) is 7.40. The molecule has 1 N–H and O–H groups in total. The molecule has 1 amide bonds. The molecule has 0 spiro atoms. The first-order valence-electron chi connectivity index (χ1n) is 8.67. The second-order valence-corrected chi connectivity index (χ2v) is 9.02. The molecule has 132 valence electrons. The van der Waals surface area contributed by atoms with Gasteiger partial charge in [0, 0.05) is 12.6 Å². The van der Waals surface area contributed by atoms with Crippen LogP contribution >= 0.6 is 23.1 Å². The average molecular weight is 375 g/mol. The van der Waals surface area contributed by atoms with Crippen molar-refractivity contribution in [1.82, 2.24) is 10.2 Å².